The molecule has 0 spiro atoms. The van der Waals surface area contributed by atoms with Crippen LogP contribution in [0.3, 0.4) is 0 Å². The molecule has 1 unspecified atom stereocenters. The van der Waals surface area contributed by atoms with Crippen LogP contribution in [-0.2, 0) is 16.0 Å². The number of aliphatic carboxylic acids is 1. The van der Waals surface area contributed by atoms with Crippen molar-refractivity contribution in [1.29, 1.82) is 0 Å². The van der Waals surface area contributed by atoms with Crippen LogP contribution in [0, 0.1) is 5.92 Å². The van der Waals surface area contributed by atoms with Gasteiger partial charge in [0.1, 0.15) is 6.04 Å². The van der Waals surface area contributed by atoms with Gasteiger partial charge in [0, 0.05) is 37.5 Å². The van der Waals surface area contributed by atoms with Gasteiger partial charge in [0.15, 0.2) is 0 Å². The van der Waals surface area contributed by atoms with E-state index in [2.05, 4.69) is 10.3 Å². The molecule has 0 bridgehead atoms. The van der Waals surface area contributed by atoms with Gasteiger partial charge in [-0.1, -0.05) is 30.3 Å². The van der Waals surface area contributed by atoms with Crippen molar-refractivity contribution in [2.45, 2.75) is 25.3 Å². The van der Waals surface area contributed by atoms with Gasteiger partial charge in [0.2, 0.25) is 5.91 Å². The summed E-state index contributed by atoms with van der Waals surface area (Å²) in [6, 6.07) is 11.5. The Kier molecular flexibility index (Phi) is 6.37. The molecule has 146 valence electrons. The highest BCUT2D eigenvalue weighted by Crippen LogP contribution is 2.19. The molecule has 1 aliphatic heterocycles. The monoisotopic (exact) mass is 381 g/mol. The number of likely N-dealkylation sites (tertiary alicyclic amines) is 1. The number of carbonyl (C=O) groups excluding carboxylic acids is 2. The van der Waals surface area contributed by atoms with Crippen LogP contribution in [0.2, 0.25) is 0 Å². The summed E-state index contributed by atoms with van der Waals surface area (Å²) < 4.78 is 0. The largest absolute Gasteiger partial charge is 0.480 e. The number of rotatable bonds is 6. The maximum atomic E-state index is 12.7. The Bertz CT molecular complexity index is 826. The summed E-state index contributed by atoms with van der Waals surface area (Å²) in [6.07, 6.45) is 4.66. The molecule has 2 atom stereocenters. The van der Waals surface area contributed by atoms with Gasteiger partial charge in [-0.05, 0) is 30.5 Å². The third-order valence-corrected chi connectivity index (χ3v) is 4.90. The Morgan fingerprint density at radius 1 is 1.14 bits per heavy atom. The maximum absolute atomic E-state index is 12.7. The van der Waals surface area contributed by atoms with Gasteiger partial charge >= 0.3 is 5.97 Å². The number of aromatic nitrogens is 1. The number of hydrogen-bond donors (Lipinski definition) is 2. The van der Waals surface area contributed by atoms with Crippen molar-refractivity contribution in [3.63, 3.8) is 0 Å². The van der Waals surface area contributed by atoms with Crippen LogP contribution in [0.1, 0.15) is 28.8 Å². The summed E-state index contributed by atoms with van der Waals surface area (Å²) >= 11 is 0. The van der Waals surface area contributed by atoms with Crippen LogP contribution < -0.4 is 5.32 Å². The normalized spacial score (nSPS) is 17.6. The van der Waals surface area contributed by atoms with Crippen LogP contribution in [-0.4, -0.2) is 51.9 Å². The zero-order valence-corrected chi connectivity index (χ0v) is 15.5. The highest BCUT2D eigenvalue weighted by atomic mass is 16.4. The zero-order chi connectivity index (χ0) is 19.9. The molecule has 2 aromatic rings. The average Bonchev–Trinajstić information content (AvgIpc) is 2.74. The number of amides is 2. The lowest BCUT2D eigenvalue weighted by molar-refractivity contribution is -0.142. The smallest absolute Gasteiger partial charge is 0.326 e. The van der Waals surface area contributed by atoms with Gasteiger partial charge in [0.05, 0.1) is 5.92 Å². The van der Waals surface area contributed by atoms with Crippen LogP contribution in [0.25, 0.3) is 0 Å². The molecule has 7 nitrogen and oxygen atoms in total. The van der Waals surface area contributed by atoms with E-state index in [1.165, 1.54) is 0 Å². The lowest BCUT2D eigenvalue weighted by atomic mass is 9.95. The number of pyridine rings is 1. The van der Waals surface area contributed by atoms with E-state index in [0.717, 1.165) is 5.56 Å². The molecule has 3 rings (SSSR count). The summed E-state index contributed by atoms with van der Waals surface area (Å²) in [4.78, 5) is 42.4. The van der Waals surface area contributed by atoms with Crippen LogP contribution in [0.4, 0.5) is 0 Å². The molecular formula is C21H23N3O4. The summed E-state index contributed by atoms with van der Waals surface area (Å²) in [6.45, 7) is 0.863. The number of carboxylic acids is 1. The molecule has 2 N–H and O–H groups in total. The molecule has 1 saturated heterocycles. The molecule has 0 saturated carbocycles. The third kappa shape index (κ3) is 4.94. The lowest BCUT2D eigenvalue weighted by Crippen LogP contribution is -2.50. The Labute approximate surface area is 163 Å². The molecule has 1 fully saturated rings. The second kappa shape index (κ2) is 9.12. The highest BCUT2D eigenvalue weighted by Gasteiger charge is 2.31. The van der Waals surface area contributed by atoms with Crippen molar-refractivity contribution >= 4 is 17.8 Å². The van der Waals surface area contributed by atoms with Gasteiger partial charge < -0.3 is 15.3 Å². The second-order valence-corrected chi connectivity index (χ2v) is 6.92. The SMILES string of the molecule is O=C(N[C@@H](Cc1ccccc1)C(=O)O)C1CCCN(C(=O)c2ccncc2)C1. The van der Waals surface area contributed by atoms with Crippen molar-refractivity contribution in [3.8, 4) is 0 Å². The fourth-order valence-corrected chi connectivity index (χ4v) is 3.39. The van der Waals surface area contributed by atoms with E-state index in [-0.39, 0.29) is 24.8 Å². The lowest BCUT2D eigenvalue weighted by Gasteiger charge is -2.32. The Morgan fingerprint density at radius 2 is 1.86 bits per heavy atom. The van der Waals surface area contributed by atoms with E-state index in [1.54, 1.807) is 29.4 Å². The van der Waals surface area contributed by atoms with Gasteiger partial charge in [-0.3, -0.25) is 14.6 Å². The van der Waals surface area contributed by atoms with E-state index in [4.69, 9.17) is 0 Å². The topological polar surface area (TPSA) is 99.6 Å². The molecule has 2 heterocycles. The van der Waals surface area contributed by atoms with Crippen molar-refractivity contribution in [2.75, 3.05) is 13.1 Å². The molecular weight excluding hydrogens is 358 g/mol. The van der Waals surface area contributed by atoms with Gasteiger partial charge in [0.25, 0.3) is 5.91 Å². The molecule has 1 aromatic carbocycles. The van der Waals surface area contributed by atoms with E-state index in [9.17, 15) is 19.5 Å². The van der Waals surface area contributed by atoms with Gasteiger partial charge in [-0.2, -0.15) is 0 Å². The van der Waals surface area contributed by atoms with Crippen molar-refractivity contribution in [2.24, 2.45) is 5.92 Å². The minimum Gasteiger partial charge on any atom is -0.480 e. The fourth-order valence-electron chi connectivity index (χ4n) is 3.39. The van der Waals surface area contributed by atoms with Crippen LogP contribution in [0.5, 0.6) is 0 Å². The predicted molar refractivity (Wildman–Crippen MR) is 103 cm³/mol. The maximum Gasteiger partial charge on any atom is 0.326 e. The average molecular weight is 381 g/mol. The third-order valence-electron chi connectivity index (χ3n) is 4.90. The molecule has 0 radical (unpaired) electrons. The van der Waals surface area contributed by atoms with Gasteiger partial charge in [-0.25, -0.2) is 4.79 Å². The first-order valence-corrected chi connectivity index (χ1v) is 9.31. The molecule has 7 heteroatoms. The second-order valence-electron chi connectivity index (χ2n) is 6.92. The highest BCUT2D eigenvalue weighted by molar-refractivity contribution is 5.94. The Hall–Kier alpha value is -3.22. The van der Waals surface area contributed by atoms with Crippen LogP contribution in [0.15, 0.2) is 54.9 Å². The molecule has 1 aliphatic rings. The molecule has 1 aromatic heterocycles. The van der Waals surface area contributed by atoms with E-state index < -0.39 is 17.9 Å². The van der Waals surface area contributed by atoms with E-state index >= 15 is 0 Å². The first kappa shape index (κ1) is 19.5. The number of piperidine rings is 1. The fraction of sp³-hybridized carbons (Fsp3) is 0.333. The number of hydrogen-bond acceptors (Lipinski definition) is 4. The summed E-state index contributed by atoms with van der Waals surface area (Å²) in [5, 5.41) is 12.1. The molecule has 28 heavy (non-hydrogen) atoms. The number of carboxylic acid groups (broad SMARTS) is 1. The predicted octanol–water partition coefficient (Wildman–Crippen LogP) is 1.75. The Balaban J connectivity index is 1.62. The number of nitrogens with one attached hydrogen (secondary N) is 1. The first-order valence-electron chi connectivity index (χ1n) is 9.31. The minimum absolute atomic E-state index is 0.140. The summed E-state index contributed by atoms with van der Waals surface area (Å²) in [5.74, 6) is -1.95. The Morgan fingerprint density at radius 3 is 2.54 bits per heavy atom. The number of benzene rings is 1. The van der Waals surface area contributed by atoms with Crippen LogP contribution >= 0.6 is 0 Å². The first-order chi connectivity index (χ1) is 13.5. The summed E-state index contributed by atoms with van der Waals surface area (Å²) in [5.41, 5.74) is 1.37. The summed E-state index contributed by atoms with van der Waals surface area (Å²) in [7, 11) is 0. The van der Waals surface area contributed by atoms with E-state index in [1.807, 2.05) is 30.3 Å². The zero-order valence-electron chi connectivity index (χ0n) is 15.5. The van der Waals surface area contributed by atoms with Crippen molar-refractivity contribution in [1.82, 2.24) is 15.2 Å². The molecule has 2 amide bonds. The number of carbonyl (C=O) groups is 3. The molecule has 0 aliphatic carbocycles. The van der Waals surface area contributed by atoms with E-state index in [0.29, 0.717) is 24.9 Å². The quantitative estimate of drug-likeness (QED) is 0.794. The van der Waals surface area contributed by atoms with Crippen molar-refractivity contribution in [3.05, 3.63) is 66.0 Å². The van der Waals surface area contributed by atoms with Gasteiger partial charge in [-0.15, -0.1) is 0 Å². The minimum atomic E-state index is -1.07. The standard InChI is InChI=1S/C21H23N3O4/c25-19(23-18(21(27)28)13-15-5-2-1-3-6-15)17-7-4-12-24(14-17)20(26)16-8-10-22-11-9-16/h1-3,5-6,8-11,17-18H,4,7,12-14H2,(H,23,25)(H,27,28)/t17?,18-/m0/s1. The van der Waals surface area contributed by atoms with Crippen molar-refractivity contribution < 1.29 is 19.5 Å². The number of nitrogens with zero attached hydrogens (tertiary/aromatic N) is 2.